The Labute approximate surface area is 76.2 Å². The Hall–Kier alpha value is -1.32. The summed E-state index contributed by atoms with van der Waals surface area (Å²) >= 11 is 0. The lowest BCUT2D eigenvalue weighted by atomic mass is 9.99. The SMILES string of the molecule is Cc1cnc2n1CCCC2C(=O)O. The van der Waals surface area contributed by atoms with Crippen LogP contribution in [0.4, 0.5) is 0 Å². The van der Waals surface area contributed by atoms with E-state index in [4.69, 9.17) is 5.11 Å². The van der Waals surface area contributed by atoms with E-state index in [2.05, 4.69) is 4.98 Å². The number of aryl methyl sites for hydroxylation is 1. The molecule has 1 atom stereocenters. The van der Waals surface area contributed by atoms with Crippen LogP contribution in [0.1, 0.15) is 30.3 Å². The van der Waals surface area contributed by atoms with E-state index in [9.17, 15) is 4.79 Å². The number of fused-ring (bicyclic) bond motifs is 1. The van der Waals surface area contributed by atoms with Gasteiger partial charge in [0.25, 0.3) is 0 Å². The van der Waals surface area contributed by atoms with Crippen LogP contribution in [-0.4, -0.2) is 20.6 Å². The lowest BCUT2D eigenvalue weighted by Crippen LogP contribution is -2.22. The molecule has 70 valence electrons. The number of carboxylic acid groups (broad SMARTS) is 1. The van der Waals surface area contributed by atoms with Gasteiger partial charge >= 0.3 is 5.97 Å². The molecule has 2 heterocycles. The fourth-order valence-electron chi connectivity index (χ4n) is 1.87. The van der Waals surface area contributed by atoms with Crippen molar-refractivity contribution in [1.29, 1.82) is 0 Å². The highest BCUT2D eigenvalue weighted by Gasteiger charge is 2.28. The Morgan fingerprint density at radius 1 is 1.77 bits per heavy atom. The van der Waals surface area contributed by atoms with Crippen molar-refractivity contribution in [3.05, 3.63) is 17.7 Å². The maximum absolute atomic E-state index is 10.9. The number of nitrogens with zero attached hydrogens (tertiary/aromatic N) is 2. The number of carboxylic acids is 1. The van der Waals surface area contributed by atoms with E-state index in [0.717, 1.165) is 24.5 Å². The zero-order valence-electron chi connectivity index (χ0n) is 7.53. The summed E-state index contributed by atoms with van der Waals surface area (Å²) in [5, 5.41) is 8.94. The number of aliphatic carboxylic acids is 1. The van der Waals surface area contributed by atoms with Crippen LogP contribution in [0.2, 0.25) is 0 Å². The Bertz CT molecular complexity index is 343. The molecule has 0 saturated heterocycles. The Morgan fingerprint density at radius 3 is 3.23 bits per heavy atom. The number of hydrogen-bond donors (Lipinski definition) is 1. The predicted molar refractivity (Wildman–Crippen MR) is 46.6 cm³/mol. The lowest BCUT2D eigenvalue weighted by Gasteiger charge is -2.20. The topological polar surface area (TPSA) is 55.1 Å². The molecule has 0 fully saturated rings. The third kappa shape index (κ3) is 1.22. The first-order valence-electron chi connectivity index (χ1n) is 4.45. The molecule has 1 aromatic heterocycles. The van der Waals surface area contributed by atoms with Gasteiger partial charge in [-0.2, -0.15) is 0 Å². The van der Waals surface area contributed by atoms with E-state index < -0.39 is 11.9 Å². The molecule has 0 saturated carbocycles. The molecule has 2 rings (SSSR count). The molecule has 4 heteroatoms. The van der Waals surface area contributed by atoms with Crippen molar-refractivity contribution >= 4 is 5.97 Å². The van der Waals surface area contributed by atoms with E-state index in [1.165, 1.54) is 0 Å². The highest BCUT2D eigenvalue weighted by molar-refractivity contribution is 5.75. The average molecular weight is 180 g/mol. The van der Waals surface area contributed by atoms with E-state index in [-0.39, 0.29) is 0 Å². The molecular formula is C9H12N2O2. The van der Waals surface area contributed by atoms with Crippen molar-refractivity contribution in [2.45, 2.75) is 32.2 Å². The number of carbonyl (C=O) groups is 1. The van der Waals surface area contributed by atoms with Gasteiger partial charge in [0, 0.05) is 18.4 Å². The summed E-state index contributed by atoms with van der Waals surface area (Å²) in [7, 11) is 0. The molecule has 0 aliphatic carbocycles. The largest absolute Gasteiger partial charge is 0.481 e. The second-order valence-corrected chi connectivity index (χ2v) is 3.44. The standard InChI is InChI=1S/C9H12N2O2/c1-6-5-10-8-7(9(12)13)3-2-4-11(6)8/h5,7H,2-4H2,1H3,(H,12,13). The molecule has 1 N–H and O–H groups in total. The Balaban J connectivity index is 2.43. The van der Waals surface area contributed by atoms with Crippen LogP contribution in [-0.2, 0) is 11.3 Å². The van der Waals surface area contributed by atoms with Crippen molar-refractivity contribution in [3.8, 4) is 0 Å². The maximum atomic E-state index is 10.9. The van der Waals surface area contributed by atoms with Crippen LogP contribution >= 0.6 is 0 Å². The molecule has 1 aliphatic rings. The van der Waals surface area contributed by atoms with Gasteiger partial charge in [0.05, 0.1) is 0 Å². The number of hydrogen-bond acceptors (Lipinski definition) is 2. The normalized spacial score (nSPS) is 21.2. The van der Waals surface area contributed by atoms with Gasteiger partial charge in [-0.1, -0.05) is 0 Å². The van der Waals surface area contributed by atoms with Gasteiger partial charge in [0.15, 0.2) is 0 Å². The first-order valence-corrected chi connectivity index (χ1v) is 4.45. The van der Waals surface area contributed by atoms with E-state index >= 15 is 0 Å². The molecule has 1 unspecified atom stereocenters. The first-order chi connectivity index (χ1) is 6.20. The third-order valence-electron chi connectivity index (χ3n) is 2.57. The van der Waals surface area contributed by atoms with Crippen molar-refractivity contribution in [2.75, 3.05) is 0 Å². The maximum Gasteiger partial charge on any atom is 0.314 e. The molecular weight excluding hydrogens is 168 g/mol. The van der Waals surface area contributed by atoms with Gasteiger partial charge in [-0.15, -0.1) is 0 Å². The molecule has 1 aliphatic heterocycles. The van der Waals surface area contributed by atoms with Crippen molar-refractivity contribution in [1.82, 2.24) is 9.55 Å². The molecule has 0 radical (unpaired) electrons. The zero-order chi connectivity index (χ0) is 9.42. The van der Waals surface area contributed by atoms with Gasteiger partial charge in [-0.25, -0.2) is 4.98 Å². The first kappa shape index (κ1) is 8.29. The van der Waals surface area contributed by atoms with E-state index in [1.54, 1.807) is 6.20 Å². The van der Waals surface area contributed by atoms with Crippen LogP contribution in [0.3, 0.4) is 0 Å². The number of rotatable bonds is 1. The molecule has 1 aromatic rings. The lowest BCUT2D eigenvalue weighted by molar-refractivity contribution is -0.139. The second kappa shape index (κ2) is 2.87. The Kier molecular flexibility index (Phi) is 1.83. The van der Waals surface area contributed by atoms with Crippen molar-refractivity contribution < 1.29 is 9.90 Å². The number of aromatic nitrogens is 2. The summed E-state index contributed by atoms with van der Waals surface area (Å²) in [6.07, 6.45) is 3.39. The number of imidazole rings is 1. The third-order valence-corrected chi connectivity index (χ3v) is 2.57. The summed E-state index contributed by atoms with van der Waals surface area (Å²) < 4.78 is 2.00. The van der Waals surface area contributed by atoms with E-state index in [1.807, 2.05) is 11.5 Å². The van der Waals surface area contributed by atoms with Crippen LogP contribution < -0.4 is 0 Å². The summed E-state index contributed by atoms with van der Waals surface area (Å²) in [5.41, 5.74) is 1.06. The zero-order valence-corrected chi connectivity index (χ0v) is 7.53. The van der Waals surface area contributed by atoms with Gasteiger partial charge < -0.3 is 9.67 Å². The van der Waals surface area contributed by atoms with E-state index in [0.29, 0.717) is 6.42 Å². The molecule has 0 spiro atoms. The average Bonchev–Trinajstić information content (AvgIpc) is 2.48. The summed E-state index contributed by atoms with van der Waals surface area (Å²) in [4.78, 5) is 15.0. The minimum Gasteiger partial charge on any atom is -0.481 e. The fourth-order valence-corrected chi connectivity index (χ4v) is 1.87. The summed E-state index contributed by atoms with van der Waals surface area (Å²) in [6.45, 7) is 2.87. The quantitative estimate of drug-likeness (QED) is 0.705. The molecule has 0 bridgehead atoms. The van der Waals surface area contributed by atoms with Crippen molar-refractivity contribution in [2.24, 2.45) is 0 Å². The van der Waals surface area contributed by atoms with Crippen LogP contribution in [0, 0.1) is 6.92 Å². The van der Waals surface area contributed by atoms with Gasteiger partial charge in [-0.3, -0.25) is 4.79 Å². The van der Waals surface area contributed by atoms with Crippen LogP contribution in [0.15, 0.2) is 6.20 Å². The second-order valence-electron chi connectivity index (χ2n) is 3.44. The highest BCUT2D eigenvalue weighted by atomic mass is 16.4. The molecule has 0 aromatic carbocycles. The van der Waals surface area contributed by atoms with Crippen molar-refractivity contribution in [3.63, 3.8) is 0 Å². The van der Waals surface area contributed by atoms with Crippen LogP contribution in [0.5, 0.6) is 0 Å². The fraction of sp³-hybridized carbons (Fsp3) is 0.556. The minimum absolute atomic E-state index is 0.401. The molecule has 13 heavy (non-hydrogen) atoms. The predicted octanol–water partition coefficient (Wildman–Crippen LogP) is 1.15. The Morgan fingerprint density at radius 2 is 2.54 bits per heavy atom. The highest BCUT2D eigenvalue weighted by Crippen LogP contribution is 2.27. The smallest absolute Gasteiger partial charge is 0.314 e. The monoisotopic (exact) mass is 180 g/mol. The minimum atomic E-state index is -0.758. The van der Waals surface area contributed by atoms with Gasteiger partial charge in [-0.05, 0) is 19.8 Å². The summed E-state index contributed by atoms with van der Waals surface area (Å²) in [5.74, 6) is -0.440. The van der Waals surface area contributed by atoms with Crippen LogP contribution in [0.25, 0.3) is 0 Å². The molecule has 4 nitrogen and oxygen atoms in total. The van der Waals surface area contributed by atoms with Gasteiger partial charge in [0.1, 0.15) is 11.7 Å². The molecule has 0 amide bonds. The van der Waals surface area contributed by atoms with Gasteiger partial charge in [0.2, 0.25) is 0 Å². The summed E-state index contributed by atoms with van der Waals surface area (Å²) in [6, 6.07) is 0.